The van der Waals surface area contributed by atoms with Gasteiger partial charge in [-0.3, -0.25) is 9.59 Å². The maximum Gasteiger partial charge on any atom is 0.326 e. The molecule has 2 aromatic rings. The first-order chi connectivity index (χ1) is 13.3. The van der Waals surface area contributed by atoms with Gasteiger partial charge in [-0.1, -0.05) is 0 Å². The zero-order chi connectivity index (χ0) is 20.3. The van der Waals surface area contributed by atoms with Crippen LogP contribution in [0.1, 0.15) is 29.0 Å². The highest BCUT2D eigenvalue weighted by atomic mass is 16.6. The number of rotatable bonds is 7. The molecule has 9 heteroatoms. The average molecular weight is 389 g/mol. The van der Waals surface area contributed by atoms with Crippen molar-refractivity contribution in [1.29, 1.82) is 0 Å². The zero-order valence-electron chi connectivity index (χ0n) is 15.1. The summed E-state index contributed by atoms with van der Waals surface area (Å²) in [6.07, 6.45) is -0.591. The predicted octanol–water partition coefficient (Wildman–Crippen LogP) is 2.07. The Hall–Kier alpha value is -3.49. The number of carboxylic acid groups (broad SMARTS) is 2. The third kappa shape index (κ3) is 4.25. The lowest BCUT2D eigenvalue weighted by Crippen LogP contribution is -2.41. The Balaban J connectivity index is 1.78. The number of fused-ring (bicyclic) bond motifs is 1. The molecule has 9 nitrogen and oxygen atoms in total. The average Bonchev–Trinajstić information content (AvgIpc) is 3.06. The third-order valence-electron chi connectivity index (χ3n) is 4.24. The number of hydrogen-bond acceptors (Lipinski definition) is 6. The van der Waals surface area contributed by atoms with Crippen molar-refractivity contribution in [2.24, 2.45) is 0 Å². The fourth-order valence-electron chi connectivity index (χ4n) is 2.81. The van der Waals surface area contributed by atoms with Crippen LogP contribution >= 0.6 is 0 Å². The molecule has 3 N–H and O–H groups in total. The summed E-state index contributed by atoms with van der Waals surface area (Å²) in [7, 11) is 0. The molecule has 0 radical (unpaired) electrons. The van der Waals surface area contributed by atoms with E-state index in [-0.39, 0.29) is 18.4 Å². The highest BCUT2D eigenvalue weighted by Gasteiger charge is 2.24. The lowest BCUT2D eigenvalue weighted by Gasteiger charge is -2.18. The van der Waals surface area contributed by atoms with Crippen LogP contribution in [0.2, 0.25) is 0 Å². The number of furan rings is 1. The molecule has 1 aromatic carbocycles. The summed E-state index contributed by atoms with van der Waals surface area (Å²) >= 11 is 0. The van der Waals surface area contributed by atoms with E-state index in [0.717, 1.165) is 0 Å². The van der Waals surface area contributed by atoms with Gasteiger partial charge < -0.3 is 29.4 Å². The van der Waals surface area contributed by atoms with Gasteiger partial charge in [-0.05, 0) is 37.6 Å². The molecule has 1 amide bonds. The lowest BCUT2D eigenvalue weighted by molar-refractivity contribution is -0.140. The topological polar surface area (TPSA) is 135 Å². The SMILES string of the molecule is Cc1oc(-c2ccc3c(c2)OCCO3)cc1C(=O)N[C@H](CCC(=O)O)C(=O)O. The molecule has 1 aliphatic rings. The summed E-state index contributed by atoms with van der Waals surface area (Å²) < 4.78 is 16.7. The number of benzene rings is 1. The van der Waals surface area contributed by atoms with Crippen LogP contribution in [-0.4, -0.2) is 47.3 Å². The smallest absolute Gasteiger partial charge is 0.326 e. The first kappa shape index (κ1) is 19.3. The fourth-order valence-corrected chi connectivity index (χ4v) is 2.81. The second kappa shape index (κ2) is 8.03. The predicted molar refractivity (Wildman–Crippen MR) is 95.6 cm³/mol. The molecule has 148 valence electrons. The second-order valence-electron chi connectivity index (χ2n) is 6.24. The molecule has 0 bridgehead atoms. The van der Waals surface area contributed by atoms with Crippen molar-refractivity contribution in [3.8, 4) is 22.8 Å². The van der Waals surface area contributed by atoms with Crippen LogP contribution in [0.15, 0.2) is 28.7 Å². The normalized spacial score (nSPS) is 13.6. The number of aryl methyl sites for hydroxylation is 1. The molecule has 0 spiro atoms. The van der Waals surface area contributed by atoms with Gasteiger partial charge in [-0.15, -0.1) is 0 Å². The van der Waals surface area contributed by atoms with E-state index in [9.17, 15) is 19.5 Å². The zero-order valence-corrected chi connectivity index (χ0v) is 15.1. The molecule has 0 unspecified atom stereocenters. The van der Waals surface area contributed by atoms with E-state index in [1.54, 1.807) is 25.1 Å². The first-order valence-corrected chi connectivity index (χ1v) is 8.61. The van der Waals surface area contributed by atoms with Crippen molar-refractivity contribution < 1.29 is 38.5 Å². The molecule has 0 aliphatic carbocycles. The van der Waals surface area contributed by atoms with Crippen LogP contribution in [0.4, 0.5) is 0 Å². The molecular formula is C19H19NO8. The molecule has 0 fully saturated rings. The summed E-state index contributed by atoms with van der Waals surface area (Å²) in [5.41, 5.74) is 0.846. The largest absolute Gasteiger partial charge is 0.486 e. The van der Waals surface area contributed by atoms with Crippen molar-refractivity contribution in [2.45, 2.75) is 25.8 Å². The maximum atomic E-state index is 12.5. The highest BCUT2D eigenvalue weighted by molar-refractivity contribution is 5.98. The molecular weight excluding hydrogens is 370 g/mol. The molecule has 0 saturated heterocycles. The Bertz CT molecular complexity index is 917. The quantitative estimate of drug-likeness (QED) is 0.655. The Kier molecular flexibility index (Phi) is 5.53. The van der Waals surface area contributed by atoms with Crippen LogP contribution in [-0.2, 0) is 9.59 Å². The van der Waals surface area contributed by atoms with Gasteiger partial charge in [0.05, 0.1) is 5.56 Å². The first-order valence-electron chi connectivity index (χ1n) is 8.61. The number of amides is 1. The van der Waals surface area contributed by atoms with Crippen LogP contribution in [0, 0.1) is 6.92 Å². The van der Waals surface area contributed by atoms with Gasteiger partial charge in [0.1, 0.15) is 30.8 Å². The summed E-state index contributed by atoms with van der Waals surface area (Å²) in [5, 5.41) is 20.2. The Morgan fingerprint density at radius 2 is 1.82 bits per heavy atom. The third-order valence-corrected chi connectivity index (χ3v) is 4.24. The molecule has 1 aliphatic heterocycles. The van der Waals surface area contributed by atoms with Crippen molar-refractivity contribution in [3.63, 3.8) is 0 Å². The van der Waals surface area contributed by atoms with E-state index in [1.165, 1.54) is 6.07 Å². The monoisotopic (exact) mass is 389 g/mol. The highest BCUT2D eigenvalue weighted by Crippen LogP contribution is 2.35. The van der Waals surface area contributed by atoms with Gasteiger partial charge in [0, 0.05) is 12.0 Å². The Morgan fingerprint density at radius 1 is 1.11 bits per heavy atom. The number of aliphatic carboxylic acids is 2. The van der Waals surface area contributed by atoms with Crippen LogP contribution in [0.5, 0.6) is 11.5 Å². The van der Waals surface area contributed by atoms with Gasteiger partial charge in [0.2, 0.25) is 0 Å². The minimum Gasteiger partial charge on any atom is -0.486 e. The summed E-state index contributed by atoms with van der Waals surface area (Å²) in [4.78, 5) is 34.4. The van der Waals surface area contributed by atoms with Gasteiger partial charge >= 0.3 is 11.9 Å². The van der Waals surface area contributed by atoms with E-state index in [1.807, 2.05) is 0 Å². The summed E-state index contributed by atoms with van der Waals surface area (Å²) in [5.74, 6) is -1.17. The van der Waals surface area contributed by atoms with Crippen molar-refractivity contribution in [2.75, 3.05) is 13.2 Å². The van der Waals surface area contributed by atoms with Crippen LogP contribution < -0.4 is 14.8 Å². The van der Waals surface area contributed by atoms with Gasteiger partial charge in [-0.25, -0.2) is 4.79 Å². The summed E-state index contributed by atoms with van der Waals surface area (Å²) in [6, 6.07) is 5.44. The second-order valence-corrected chi connectivity index (χ2v) is 6.24. The Labute approximate surface area is 159 Å². The number of hydrogen-bond donors (Lipinski definition) is 3. The summed E-state index contributed by atoms with van der Waals surface area (Å²) in [6.45, 7) is 2.50. The minimum atomic E-state index is -1.31. The molecule has 1 aromatic heterocycles. The van der Waals surface area contributed by atoms with Crippen molar-refractivity contribution in [1.82, 2.24) is 5.32 Å². The number of ether oxygens (including phenoxy) is 2. The molecule has 28 heavy (non-hydrogen) atoms. The molecule has 1 atom stereocenters. The van der Waals surface area contributed by atoms with Crippen LogP contribution in [0.3, 0.4) is 0 Å². The standard InChI is InChI=1S/C19H19NO8/c1-10-12(18(23)20-13(19(24)25)3-5-17(21)22)9-15(28-10)11-2-4-14-16(8-11)27-7-6-26-14/h2,4,8-9,13H,3,5-7H2,1H3,(H,20,23)(H,21,22)(H,24,25)/t13-/m1/s1. The number of carbonyl (C=O) groups excluding carboxylic acids is 1. The maximum absolute atomic E-state index is 12.5. The lowest BCUT2D eigenvalue weighted by atomic mass is 10.1. The fraction of sp³-hybridized carbons (Fsp3) is 0.316. The van der Waals surface area contributed by atoms with E-state index < -0.39 is 23.9 Å². The molecule has 3 rings (SSSR count). The minimum absolute atomic E-state index is 0.173. The van der Waals surface area contributed by atoms with Crippen LogP contribution in [0.25, 0.3) is 11.3 Å². The van der Waals surface area contributed by atoms with Gasteiger partial charge in [0.25, 0.3) is 5.91 Å². The molecule has 0 saturated carbocycles. The van der Waals surface area contributed by atoms with E-state index >= 15 is 0 Å². The van der Waals surface area contributed by atoms with E-state index in [4.69, 9.17) is 19.0 Å². The van der Waals surface area contributed by atoms with Crippen molar-refractivity contribution >= 4 is 17.8 Å². The van der Waals surface area contributed by atoms with E-state index in [0.29, 0.717) is 41.8 Å². The van der Waals surface area contributed by atoms with Gasteiger partial charge in [0.15, 0.2) is 11.5 Å². The Morgan fingerprint density at radius 3 is 2.50 bits per heavy atom. The van der Waals surface area contributed by atoms with Gasteiger partial charge in [-0.2, -0.15) is 0 Å². The van der Waals surface area contributed by atoms with Crippen molar-refractivity contribution in [3.05, 3.63) is 35.6 Å². The molecule has 2 heterocycles. The number of carboxylic acids is 2. The van der Waals surface area contributed by atoms with E-state index in [2.05, 4.69) is 5.32 Å². The number of nitrogens with one attached hydrogen (secondary N) is 1. The number of carbonyl (C=O) groups is 3.